The van der Waals surface area contributed by atoms with Crippen molar-refractivity contribution in [2.45, 2.75) is 51.7 Å². The van der Waals surface area contributed by atoms with Crippen molar-refractivity contribution in [2.75, 3.05) is 20.8 Å². The van der Waals surface area contributed by atoms with E-state index in [1.807, 2.05) is 13.2 Å². The van der Waals surface area contributed by atoms with E-state index in [2.05, 4.69) is 54.2 Å². The topological polar surface area (TPSA) is 30.5 Å². The molecule has 1 N–H and O–H groups in total. The summed E-state index contributed by atoms with van der Waals surface area (Å²) >= 11 is 3.56. The zero-order valence-corrected chi connectivity index (χ0v) is 15.4. The highest BCUT2D eigenvalue weighted by molar-refractivity contribution is 9.10. The van der Waals surface area contributed by atoms with Gasteiger partial charge < -0.3 is 14.8 Å². The molecular formula is C17H28BrNO2. The summed E-state index contributed by atoms with van der Waals surface area (Å²) in [4.78, 5) is 0. The van der Waals surface area contributed by atoms with E-state index in [1.165, 1.54) is 5.56 Å². The van der Waals surface area contributed by atoms with Crippen molar-refractivity contribution in [2.24, 2.45) is 0 Å². The Labute approximate surface area is 137 Å². The minimum atomic E-state index is -0.123. The Morgan fingerprint density at radius 2 is 1.86 bits per heavy atom. The van der Waals surface area contributed by atoms with Crippen molar-refractivity contribution in [1.29, 1.82) is 0 Å². The lowest BCUT2D eigenvalue weighted by molar-refractivity contribution is -0.0468. The number of methoxy groups -OCH3 is 2. The average molecular weight is 358 g/mol. The van der Waals surface area contributed by atoms with Crippen molar-refractivity contribution in [1.82, 2.24) is 5.32 Å². The van der Waals surface area contributed by atoms with Crippen LogP contribution in [-0.2, 0) is 11.2 Å². The van der Waals surface area contributed by atoms with E-state index in [-0.39, 0.29) is 5.60 Å². The van der Waals surface area contributed by atoms with E-state index in [4.69, 9.17) is 9.47 Å². The third-order valence-corrected chi connectivity index (χ3v) is 4.96. The monoisotopic (exact) mass is 357 g/mol. The van der Waals surface area contributed by atoms with Crippen LogP contribution in [-0.4, -0.2) is 32.4 Å². The maximum Gasteiger partial charge on any atom is 0.133 e. The normalized spacial score (nSPS) is 13.2. The molecule has 0 heterocycles. The molecule has 0 spiro atoms. The van der Waals surface area contributed by atoms with Gasteiger partial charge >= 0.3 is 0 Å². The van der Waals surface area contributed by atoms with Crippen LogP contribution in [0.15, 0.2) is 22.7 Å². The van der Waals surface area contributed by atoms with Crippen LogP contribution in [0.25, 0.3) is 0 Å². The van der Waals surface area contributed by atoms with Crippen LogP contribution in [0.5, 0.6) is 5.75 Å². The molecule has 0 saturated heterocycles. The van der Waals surface area contributed by atoms with Crippen molar-refractivity contribution < 1.29 is 9.47 Å². The molecule has 1 aromatic carbocycles. The van der Waals surface area contributed by atoms with Gasteiger partial charge in [0.05, 0.1) is 17.2 Å². The van der Waals surface area contributed by atoms with Crippen LogP contribution in [0.2, 0.25) is 0 Å². The Kier molecular flexibility index (Phi) is 7.71. The van der Waals surface area contributed by atoms with E-state index in [0.717, 1.165) is 36.0 Å². The molecule has 0 fully saturated rings. The van der Waals surface area contributed by atoms with Gasteiger partial charge in [-0.05, 0) is 59.4 Å². The van der Waals surface area contributed by atoms with E-state index in [9.17, 15) is 0 Å². The third kappa shape index (κ3) is 4.44. The van der Waals surface area contributed by atoms with Gasteiger partial charge in [0.1, 0.15) is 5.75 Å². The molecule has 21 heavy (non-hydrogen) atoms. The highest BCUT2D eigenvalue weighted by Gasteiger charge is 2.35. The van der Waals surface area contributed by atoms with Crippen LogP contribution >= 0.6 is 15.9 Å². The molecule has 0 amide bonds. The quantitative estimate of drug-likeness (QED) is 0.718. The number of halogens is 1. The van der Waals surface area contributed by atoms with Crippen LogP contribution < -0.4 is 10.1 Å². The molecule has 0 saturated carbocycles. The predicted molar refractivity (Wildman–Crippen MR) is 92.2 cm³/mol. The van der Waals surface area contributed by atoms with Gasteiger partial charge in [-0.25, -0.2) is 0 Å². The first kappa shape index (κ1) is 18.5. The largest absolute Gasteiger partial charge is 0.496 e. The molecule has 0 aliphatic carbocycles. The Hall–Kier alpha value is -0.580. The van der Waals surface area contributed by atoms with Crippen molar-refractivity contribution in [3.05, 3.63) is 28.2 Å². The molecule has 120 valence electrons. The second-order valence-corrected chi connectivity index (χ2v) is 6.11. The van der Waals surface area contributed by atoms with E-state index in [1.54, 1.807) is 7.11 Å². The number of rotatable bonds is 9. The molecule has 0 bridgehead atoms. The Morgan fingerprint density at radius 1 is 1.19 bits per heavy atom. The molecule has 1 rings (SSSR count). The lowest BCUT2D eigenvalue weighted by Crippen LogP contribution is -2.52. The maximum absolute atomic E-state index is 5.90. The smallest absolute Gasteiger partial charge is 0.133 e. The molecule has 3 nitrogen and oxygen atoms in total. The van der Waals surface area contributed by atoms with Crippen LogP contribution in [0.1, 0.15) is 39.2 Å². The molecule has 0 aromatic heterocycles. The lowest BCUT2D eigenvalue weighted by Gasteiger charge is -2.39. The molecule has 0 aliphatic heterocycles. The summed E-state index contributed by atoms with van der Waals surface area (Å²) in [6, 6.07) is 6.56. The average Bonchev–Trinajstić information content (AvgIpc) is 2.50. The van der Waals surface area contributed by atoms with Gasteiger partial charge in [-0.2, -0.15) is 0 Å². The Bertz CT molecular complexity index is 425. The van der Waals surface area contributed by atoms with Crippen LogP contribution in [0, 0.1) is 0 Å². The minimum absolute atomic E-state index is 0.123. The second kappa shape index (κ2) is 8.76. The first-order valence-corrected chi connectivity index (χ1v) is 8.47. The van der Waals surface area contributed by atoms with E-state index in [0.29, 0.717) is 6.04 Å². The van der Waals surface area contributed by atoms with Gasteiger partial charge in [0.15, 0.2) is 0 Å². The predicted octanol–water partition coefficient (Wildman–Crippen LogP) is 4.18. The summed E-state index contributed by atoms with van der Waals surface area (Å²) in [5.74, 6) is 0.864. The number of ether oxygens (including phenoxy) is 2. The summed E-state index contributed by atoms with van der Waals surface area (Å²) in [6.45, 7) is 7.47. The maximum atomic E-state index is 5.90. The van der Waals surface area contributed by atoms with Crippen LogP contribution in [0.4, 0.5) is 0 Å². The SMILES string of the molecule is CCNC(Cc1ccc(OC)c(Br)c1)C(CC)(CC)OC. The standard InChI is InChI=1S/C17H28BrNO2/c1-6-17(7-2,21-5)16(19-8-3)12-13-9-10-15(20-4)14(18)11-13/h9-11,16,19H,6-8,12H2,1-5H3. The van der Waals surface area contributed by atoms with Gasteiger partial charge in [-0.15, -0.1) is 0 Å². The Morgan fingerprint density at radius 3 is 2.29 bits per heavy atom. The van der Waals surface area contributed by atoms with E-state index < -0.39 is 0 Å². The molecule has 0 radical (unpaired) electrons. The molecule has 1 atom stereocenters. The zero-order valence-electron chi connectivity index (χ0n) is 13.8. The fraction of sp³-hybridized carbons (Fsp3) is 0.647. The molecule has 0 aliphatic rings. The first-order valence-electron chi connectivity index (χ1n) is 7.67. The number of hydrogen-bond donors (Lipinski definition) is 1. The minimum Gasteiger partial charge on any atom is -0.496 e. The number of likely N-dealkylation sites (N-methyl/N-ethyl adjacent to an activating group) is 1. The van der Waals surface area contributed by atoms with Gasteiger partial charge in [0.25, 0.3) is 0 Å². The lowest BCUT2D eigenvalue weighted by atomic mass is 9.84. The fourth-order valence-electron chi connectivity index (χ4n) is 2.94. The summed E-state index contributed by atoms with van der Waals surface area (Å²) in [5.41, 5.74) is 1.15. The highest BCUT2D eigenvalue weighted by atomic mass is 79.9. The highest BCUT2D eigenvalue weighted by Crippen LogP contribution is 2.30. The van der Waals surface area contributed by atoms with Gasteiger partial charge in [0.2, 0.25) is 0 Å². The summed E-state index contributed by atoms with van der Waals surface area (Å²) < 4.78 is 12.2. The zero-order chi connectivity index (χ0) is 15.9. The van der Waals surface area contributed by atoms with Crippen LogP contribution in [0.3, 0.4) is 0 Å². The number of benzene rings is 1. The van der Waals surface area contributed by atoms with E-state index >= 15 is 0 Å². The van der Waals surface area contributed by atoms with Crippen molar-refractivity contribution in [3.8, 4) is 5.75 Å². The van der Waals surface area contributed by atoms with Crippen molar-refractivity contribution in [3.63, 3.8) is 0 Å². The first-order chi connectivity index (χ1) is 10.1. The van der Waals surface area contributed by atoms with Gasteiger partial charge in [-0.1, -0.05) is 26.8 Å². The summed E-state index contributed by atoms with van der Waals surface area (Å²) in [7, 11) is 3.51. The summed E-state index contributed by atoms with van der Waals surface area (Å²) in [6.07, 6.45) is 2.93. The molecule has 4 heteroatoms. The molecule has 1 aromatic rings. The second-order valence-electron chi connectivity index (χ2n) is 5.26. The number of hydrogen-bond acceptors (Lipinski definition) is 3. The number of nitrogens with one attached hydrogen (secondary N) is 1. The van der Waals surface area contributed by atoms with Gasteiger partial charge in [-0.3, -0.25) is 0 Å². The Balaban J connectivity index is 2.99. The summed E-state index contributed by atoms with van der Waals surface area (Å²) in [5, 5.41) is 3.60. The van der Waals surface area contributed by atoms with Gasteiger partial charge in [0, 0.05) is 13.2 Å². The molecule has 1 unspecified atom stereocenters. The third-order valence-electron chi connectivity index (χ3n) is 4.35. The fourth-order valence-corrected chi connectivity index (χ4v) is 3.52. The van der Waals surface area contributed by atoms with Crippen molar-refractivity contribution >= 4 is 15.9 Å². The molecular weight excluding hydrogens is 330 g/mol.